The van der Waals surface area contributed by atoms with Gasteiger partial charge in [0, 0.05) is 24.9 Å². The van der Waals surface area contributed by atoms with Gasteiger partial charge in [0.2, 0.25) is 5.91 Å². The summed E-state index contributed by atoms with van der Waals surface area (Å²) in [4.78, 5) is 39.0. The SMILES string of the molecule is CC[C@@H](CC(=O)N1CC2(C)CC1(C(=O)O)C2)NC(=O)OCC1c2ccccc2-c2ccccc21. The van der Waals surface area contributed by atoms with Gasteiger partial charge in [-0.3, -0.25) is 4.79 Å². The number of ether oxygens (including phenoxy) is 1. The molecule has 0 unspecified atom stereocenters. The topological polar surface area (TPSA) is 95.9 Å². The van der Waals surface area contributed by atoms with Crippen LogP contribution in [0.5, 0.6) is 0 Å². The van der Waals surface area contributed by atoms with Crippen molar-refractivity contribution in [2.45, 2.75) is 57.0 Å². The van der Waals surface area contributed by atoms with Crippen LogP contribution in [0.3, 0.4) is 0 Å². The molecule has 7 nitrogen and oxygen atoms in total. The average molecular weight is 463 g/mol. The lowest BCUT2D eigenvalue weighted by atomic mass is 9.63. The van der Waals surface area contributed by atoms with Crippen molar-refractivity contribution in [3.8, 4) is 11.1 Å². The second-order valence-electron chi connectivity index (χ2n) is 10.3. The van der Waals surface area contributed by atoms with Crippen LogP contribution in [0, 0.1) is 5.41 Å². The van der Waals surface area contributed by atoms with E-state index in [9.17, 15) is 19.5 Å². The number of fused-ring (bicyclic) bond motifs is 4. The Bertz CT molecular complexity index is 1110. The number of nitrogens with one attached hydrogen (secondary N) is 1. The summed E-state index contributed by atoms with van der Waals surface area (Å²) in [5, 5.41) is 12.5. The fourth-order valence-electron chi connectivity index (χ4n) is 6.21. The van der Waals surface area contributed by atoms with E-state index in [1.54, 1.807) is 0 Å². The van der Waals surface area contributed by atoms with Gasteiger partial charge in [-0.05, 0) is 46.9 Å². The number of hydrogen-bond donors (Lipinski definition) is 2. The summed E-state index contributed by atoms with van der Waals surface area (Å²) < 4.78 is 5.61. The van der Waals surface area contributed by atoms with E-state index in [0.29, 0.717) is 25.8 Å². The number of amides is 2. The fraction of sp³-hybridized carbons (Fsp3) is 0.444. The van der Waals surface area contributed by atoms with Gasteiger partial charge in [-0.1, -0.05) is 62.4 Å². The molecule has 2 aromatic rings. The van der Waals surface area contributed by atoms with E-state index in [-0.39, 0.29) is 30.3 Å². The first-order valence-corrected chi connectivity index (χ1v) is 11.9. The van der Waals surface area contributed by atoms with Crippen LogP contribution in [0.2, 0.25) is 0 Å². The van der Waals surface area contributed by atoms with Crippen molar-refractivity contribution < 1.29 is 24.2 Å². The highest BCUT2D eigenvalue weighted by Gasteiger charge is 2.68. The number of nitrogens with zero attached hydrogens (tertiary/aromatic N) is 1. The van der Waals surface area contributed by atoms with Crippen LogP contribution < -0.4 is 5.32 Å². The second-order valence-corrected chi connectivity index (χ2v) is 10.3. The van der Waals surface area contributed by atoms with Gasteiger partial charge >= 0.3 is 12.1 Å². The molecule has 2 N–H and O–H groups in total. The molecule has 2 amide bonds. The first-order valence-electron chi connectivity index (χ1n) is 11.9. The van der Waals surface area contributed by atoms with Gasteiger partial charge < -0.3 is 20.1 Å². The number of carbonyl (C=O) groups is 3. The first kappa shape index (κ1) is 22.4. The number of carboxylic acid groups (broad SMARTS) is 1. The predicted molar refractivity (Wildman–Crippen MR) is 126 cm³/mol. The number of carbonyl (C=O) groups excluding carboxylic acids is 2. The molecule has 2 bridgehead atoms. The Balaban J connectivity index is 1.20. The number of alkyl carbamates (subject to hydrolysis) is 1. The Labute approximate surface area is 199 Å². The van der Waals surface area contributed by atoms with Gasteiger partial charge in [0.15, 0.2) is 0 Å². The zero-order chi connectivity index (χ0) is 24.1. The lowest BCUT2D eigenvalue weighted by molar-refractivity contribution is -0.160. The second kappa shape index (κ2) is 8.15. The zero-order valence-corrected chi connectivity index (χ0v) is 19.5. The number of benzene rings is 2. The maximum absolute atomic E-state index is 13.0. The number of rotatable bonds is 7. The highest BCUT2D eigenvalue weighted by atomic mass is 16.5. The van der Waals surface area contributed by atoms with Gasteiger partial charge in [0.25, 0.3) is 0 Å². The Kier molecular flexibility index (Phi) is 5.38. The van der Waals surface area contributed by atoms with Gasteiger partial charge in [-0.2, -0.15) is 0 Å². The summed E-state index contributed by atoms with van der Waals surface area (Å²) in [6.45, 7) is 4.57. The maximum atomic E-state index is 13.0. The minimum atomic E-state index is -1.08. The summed E-state index contributed by atoms with van der Waals surface area (Å²) in [7, 11) is 0. The molecule has 2 aliphatic heterocycles. The molecule has 0 spiro atoms. The van der Waals surface area contributed by atoms with Crippen LogP contribution in [0.25, 0.3) is 11.1 Å². The van der Waals surface area contributed by atoms with E-state index in [1.807, 2.05) is 38.1 Å². The van der Waals surface area contributed by atoms with Crippen molar-refractivity contribution in [3.63, 3.8) is 0 Å². The molecule has 7 heteroatoms. The molecular formula is C27H30N2O5. The number of carboxylic acids is 1. The largest absolute Gasteiger partial charge is 0.479 e. The highest BCUT2D eigenvalue weighted by molar-refractivity contribution is 5.90. The normalized spacial score (nSPS) is 25.2. The van der Waals surface area contributed by atoms with E-state index in [2.05, 4.69) is 29.6 Å². The van der Waals surface area contributed by atoms with Gasteiger partial charge in [0.05, 0.1) is 0 Å². The molecular weight excluding hydrogens is 432 g/mol. The summed E-state index contributed by atoms with van der Waals surface area (Å²) in [6, 6.07) is 15.9. The molecule has 1 saturated carbocycles. The molecule has 3 fully saturated rings. The summed E-state index contributed by atoms with van der Waals surface area (Å²) >= 11 is 0. The van der Waals surface area contributed by atoms with E-state index < -0.39 is 23.6 Å². The third kappa shape index (κ3) is 3.54. The molecule has 2 aromatic carbocycles. The fourth-order valence-corrected chi connectivity index (χ4v) is 6.21. The van der Waals surface area contributed by atoms with Crippen LogP contribution in [-0.4, -0.2) is 52.7 Å². The van der Waals surface area contributed by atoms with Crippen molar-refractivity contribution in [1.82, 2.24) is 10.2 Å². The molecule has 2 heterocycles. The molecule has 2 saturated heterocycles. The highest BCUT2D eigenvalue weighted by Crippen LogP contribution is 2.59. The summed E-state index contributed by atoms with van der Waals surface area (Å²) in [5.41, 5.74) is 3.41. The van der Waals surface area contributed by atoms with Crippen molar-refractivity contribution in [2.75, 3.05) is 13.2 Å². The summed E-state index contributed by atoms with van der Waals surface area (Å²) in [6.07, 6.45) is 1.04. The third-order valence-corrected chi connectivity index (χ3v) is 7.77. The average Bonchev–Trinajstić information content (AvgIpc) is 3.41. The lowest BCUT2D eigenvalue weighted by Crippen LogP contribution is -2.56. The van der Waals surface area contributed by atoms with Crippen LogP contribution in [-0.2, 0) is 14.3 Å². The minimum Gasteiger partial charge on any atom is -0.479 e. The van der Waals surface area contributed by atoms with E-state index in [4.69, 9.17) is 4.74 Å². The lowest BCUT2D eigenvalue weighted by Gasteiger charge is -2.42. The minimum absolute atomic E-state index is 0.0348. The van der Waals surface area contributed by atoms with Gasteiger partial charge in [-0.15, -0.1) is 0 Å². The van der Waals surface area contributed by atoms with Crippen LogP contribution in [0.1, 0.15) is 56.6 Å². The van der Waals surface area contributed by atoms with Gasteiger partial charge in [-0.25, -0.2) is 9.59 Å². The van der Waals surface area contributed by atoms with Crippen molar-refractivity contribution in [2.24, 2.45) is 5.41 Å². The number of hydrogen-bond acceptors (Lipinski definition) is 4. The standard InChI is InChI=1S/C27H30N2O5/c1-3-17(12-23(30)29-16-26(2)14-27(29,15-26)24(31)32)28-25(33)34-13-22-20-10-6-4-8-18(20)19-9-5-7-11-21(19)22/h4-11,17,22H,3,12-16H2,1-2H3,(H,28,33)(H,31,32)/t17-,26?,27?/m0/s1. The molecule has 6 rings (SSSR count). The predicted octanol–water partition coefficient (Wildman–Crippen LogP) is 4.16. The Hall–Kier alpha value is -3.35. The molecule has 178 valence electrons. The third-order valence-electron chi connectivity index (χ3n) is 7.77. The quantitative estimate of drug-likeness (QED) is 0.644. The molecule has 1 atom stereocenters. The molecule has 4 aliphatic rings. The monoisotopic (exact) mass is 462 g/mol. The zero-order valence-electron chi connectivity index (χ0n) is 19.5. The number of aliphatic carboxylic acids is 1. The van der Waals surface area contributed by atoms with E-state index in [1.165, 1.54) is 4.90 Å². The molecule has 0 aromatic heterocycles. The first-order chi connectivity index (χ1) is 16.3. The summed E-state index contributed by atoms with van der Waals surface area (Å²) in [5.74, 6) is -1.20. The Morgan fingerprint density at radius 2 is 1.68 bits per heavy atom. The Morgan fingerprint density at radius 1 is 1.09 bits per heavy atom. The van der Waals surface area contributed by atoms with Crippen molar-refractivity contribution in [1.29, 1.82) is 0 Å². The molecule has 34 heavy (non-hydrogen) atoms. The smallest absolute Gasteiger partial charge is 0.407 e. The van der Waals surface area contributed by atoms with Gasteiger partial charge in [0.1, 0.15) is 12.1 Å². The molecule has 0 radical (unpaired) electrons. The molecule has 2 aliphatic carbocycles. The van der Waals surface area contributed by atoms with Crippen LogP contribution >= 0.6 is 0 Å². The van der Waals surface area contributed by atoms with Crippen molar-refractivity contribution >= 4 is 18.0 Å². The Morgan fingerprint density at radius 3 is 2.24 bits per heavy atom. The maximum Gasteiger partial charge on any atom is 0.407 e. The van der Waals surface area contributed by atoms with Crippen LogP contribution in [0.15, 0.2) is 48.5 Å². The van der Waals surface area contributed by atoms with Crippen LogP contribution in [0.4, 0.5) is 4.79 Å². The van der Waals surface area contributed by atoms with E-state index >= 15 is 0 Å². The van der Waals surface area contributed by atoms with E-state index in [0.717, 1.165) is 22.3 Å². The van der Waals surface area contributed by atoms with Crippen molar-refractivity contribution in [3.05, 3.63) is 59.7 Å².